The lowest BCUT2D eigenvalue weighted by Crippen LogP contribution is -2.53. The van der Waals surface area contributed by atoms with Gasteiger partial charge in [0.1, 0.15) is 25.8 Å². The fourth-order valence-corrected chi connectivity index (χ4v) is 5.90. The van der Waals surface area contributed by atoms with E-state index in [0.29, 0.717) is 36.8 Å². The summed E-state index contributed by atoms with van der Waals surface area (Å²) in [6.45, 7) is 4.34. The number of rotatable bonds is 10. The number of hydrogen-bond acceptors (Lipinski definition) is 6. The Morgan fingerprint density at radius 3 is 2.39 bits per heavy atom. The Hall–Kier alpha value is -3.27. The molecule has 1 atom stereocenters. The van der Waals surface area contributed by atoms with Crippen LogP contribution in [0.5, 0.6) is 11.5 Å². The van der Waals surface area contributed by atoms with Crippen LogP contribution in [-0.2, 0) is 26.2 Å². The van der Waals surface area contributed by atoms with Gasteiger partial charge in [-0.2, -0.15) is 0 Å². The molecule has 0 radical (unpaired) electrons. The number of fused-ring (bicyclic) bond motifs is 1. The van der Waals surface area contributed by atoms with E-state index in [1.54, 1.807) is 18.2 Å². The Balaban J connectivity index is 1.64. The second kappa shape index (κ2) is 12.1. The number of nitrogens with one attached hydrogen (secondary N) is 1. The summed E-state index contributed by atoms with van der Waals surface area (Å²) in [5.41, 5.74) is 2.19. The van der Waals surface area contributed by atoms with E-state index in [2.05, 4.69) is 5.32 Å². The van der Waals surface area contributed by atoms with Crippen molar-refractivity contribution < 1.29 is 27.5 Å². The zero-order valence-electron chi connectivity index (χ0n) is 22.3. The predicted octanol–water partition coefficient (Wildman–Crippen LogP) is 3.40. The van der Waals surface area contributed by atoms with Crippen LogP contribution in [0.1, 0.15) is 50.2 Å². The molecule has 2 amide bonds. The van der Waals surface area contributed by atoms with Gasteiger partial charge in [0, 0.05) is 18.7 Å². The number of sulfonamides is 1. The largest absolute Gasteiger partial charge is 0.486 e. The standard InChI is InChI=1S/C28H37N3O6S/c1-4-24(28(33)29-22-11-7-8-12-22)30(18-21-10-6-5-9-20(21)2)27(32)19-31(38(3,34)35)23-13-14-25-26(17-23)37-16-15-36-25/h5-6,9-10,13-14,17,22,24H,4,7-8,11-12,15-16,18-19H2,1-3H3,(H,29,33)/t24-/m1/s1. The maximum absolute atomic E-state index is 13.9. The van der Waals surface area contributed by atoms with Crippen molar-refractivity contribution in [2.24, 2.45) is 0 Å². The van der Waals surface area contributed by atoms with Crippen LogP contribution in [0.2, 0.25) is 0 Å². The number of hydrogen-bond donors (Lipinski definition) is 1. The molecule has 1 aliphatic carbocycles. The Morgan fingerprint density at radius 2 is 1.74 bits per heavy atom. The SMILES string of the molecule is CC[C@H](C(=O)NC1CCCC1)N(Cc1ccccc1C)C(=O)CN(c1ccc2c(c1)OCCO2)S(C)(=O)=O. The minimum Gasteiger partial charge on any atom is -0.486 e. The molecule has 0 saturated heterocycles. The maximum Gasteiger partial charge on any atom is 0.244 e. The summed E-state index contributed by atoms with van der Waals surface area (Å²) >= 11 is 0. The quantitative estimate of drug-likeness (QED) is 0.493. The number of carbonyl (C=O) groups excluding carboxylic acids is 2. The number of amides is 2. The molecule has 0 bridgehead atoms. The van der Waals surface area contributed by atoms with E-state index in [9.17, 15) is 18.0 Å². The molecule has 1 aliphatic heterocycles. The van der Waals surface area contributed by atoms with Crippen LogP contribution < -0.4 is 19.1 Å². The Morgan fingerprint density at radius 1 is 1.05 bits per heavy atom. The van der Waals surface area contributed by atoms with Crippen LogP contribution in [0, 0.1) is 6.92 Å². The zero-order chi connectivity index (χ0) is 27.3. The first-order valence-electron chi connectivity index (χ1n) is 13.2. The predicted molar refractivity (Wildman–Crippen MR) is 146 cm³/mol. The molecule has 206 valence electrons. The summed E-state index contributed by atoms with van der Waals surface area (Å²) in [7, 11) is -3.84. The molecular formula is C28H37N3O6S. The Kier molecular flexibility index (Phi) is 8.81. The first-order valence-corrected chi connectivity index (χ1v) is 15.0. The van der Waals surface area contributed by atoms with Gasteiger partial charge in [0.25, 0.3) is 0 Å². The summed E-state index contributed by atoms with van der Waals surface area (Å²) in [5.74, 6) is 0.290. The summed E-state index contributed by atoms with van der Waals surface area (Å²) in [5, 5.41) is 3.12. The number of carbonyl (C=O) groups is 2. The van der Waals surface area contributed by atoms with Gasteiger partial charge in [0.05, 0.1) is 11.9 Å². The molecule has 1 heterocycles. The van der Waals surface area contributed by atoms with E-state index in [4.69, 9.17) is 9.47 Å². The molecule has 0 aromatic heterocycles. The molecule has 38 heavy (non-hydrogen) atoms. The second-order valence-corrected chi connectivity index (χ2v) is 11.9. The van der Waals surface area contributed by atoms with Crippen molar-refractivity contribution in [3.8, 4) is 11.5 Å². The number of nitrogens with zero attached hydrogens (tertiary/aromatic N) is 2. The van der Waals surface area contributed by atoms with Crippen molar-refractivity contribution >= 4 is 27.5 Å². The molecule has 9 nitrogen and oxygen atoms in total. The molecule has 2 aromatic carbocycles. The molecular weight excluding hydrogens is 506 g/mol. The van der Waals surface area contributed by atoms with Crippen LogP contribution in [0.3, 0.4) is 0 Å². The fraction of sp³-hybridized carbons (Fsp3) is 0.500. The lowest BCUT2D eigenvalue weighted by molar-refractivity contribution is -0.140. The van der Waals surface area contributed by atoms with Gasteiger partial charge in [-0.3, -0.25) is 13.9 Å². The molecule has 2 aromatic rings. The van der Waals surface area contributed by atoms with E-state index in [0.717, 1.165) is 47.4 Å². The Labute approximate surface area is 225 Å². The molecule has 1 fully saturated rings. The summed E-state index contributed by atoms with van der Waals surface area (Å²) in [6, 6.07) is 11.9. The van der Waals surface area contributed by atoms with Crippen molar-refractivity contribution in [2.45, 2.75) is 64.6 Å². The smallest absolute Gasteiger partial charge is 0.244 e. The third-order valence-electron chi connectivity index (χ3n) is 7.18. The van der Waals surface area contributed by atoms with Crippen LogP contribution in [-0.4, -0.2) is 63.2 Å². The zero-order valence-corrected chi connectivity index (χ0v) is 23.1. The fourth-order valence-electron chi connectivity index (χ4n) is 5.06. The molecule has 0 spiro atoms. The number of aryl methyl sites for hydroxylation is 1. The van der Waals surface area contributed by atoms with Crippen molar-refractivity contribution in [2.75, 3.05) is 30.3 Å². The lowest BCUT2D eigenvalue weighted by atomic mass is 10.1. The molecule has 4 rings (SSSR count). The van der Waals surface area contributed by atoms with Gasteiger partial charge in [-0.15, -0.1) is 0 Å². The molecule has 1 saturated carbocycles. The highest BCUT2D eigenvalue weighted by Crippen LogP contribution is 2.35. The normalized spacial score (nSPS) is 16.1. The highest BCUT2D eigenvalue weighted by atomic mass is 32.2. The van der Waals surface area contributed by atoms with Crippen molar-refractivity contribution in [1.29, 1.82) is 0 Å². The summed E-state index contributed by atoms with van der Waals surface area (Å²) in [4.78, 5) is 28.8. The van der Waals surface area contributed by atoms with Gasteiger partial charge >= 0.3 is 0 Å². The third kappa shape index (κ3) is 6.59. The first kappa shape index (κ1) is 27.8. The number of ether oxygens (including phenoxy) is 2. The van der Waals surface area contributed by atoms with E-state index in [1.165, 1.54) is 4.90 Å². The Bertz CT molecular complexity index is 1260. The lowest BCUT2D eigenvalue weighted by Gasteiger charge is -2.34. The topological polar surface area (TPSA) is 105 Å². The highest BCUT2D eigenvalue weighted by Gasteiger charge is 2.33. The van der Waals surface area contributed by atoms with Gasteiger partial charge < -0.3 is 19.7 Å². The van der Waals surface area contributed by atoms with E-state index in [1.807, 2.05) is 38.1 Å². The maximum atomic E-state index is 13.9. The minimum absolute atomic E-state index is 0.109. The monoisotopic (exact) mass is 543 g/mol. The molecule has 10 heteroatoms. The van der Waals surface area contributed by atoms with Gasteiger partial charge in [-0.25, -0.2) is 8.42 Å². The van der Waals surface area contributed by atoms with E-state index in [-0.39, 0.29) is 18.5 Å². The third-order valence-corrected chi connectivity index (χ3v) is 8.32. The first-order chi connectivity index (χ1) is 18.2. The van der Waals surface area contributed by atoms with Crippen LogP contribution >= 0.6 is 0 Å². The minimum atomic E-state index is -3.84. The number of benzene rings is 2. The van der Waals surface area contributed by atoms with Crippen molar-refractivity contribution in [3.63, 3.8) is 0 Å². The summed E-state index contributed by atoms with van der Waals surface area (Å²) < 4.78 is 38.0. The second-order valence-electron chi connectivity index (χ2n) is 9.96. The highest BCUT2D eigenvalue weighted by molar-refractivity contribution is 7.92. The average molecular weight is 544 g/mol. The van der Waals surface area contributed by atoms with Gasteiger partial charge in [0.15, 0.2) is 11.5 Å². The van der Waals surface area contributed by atoms with Crippen molar-refractivity contribution in [3.05, 3.63) is 53.6 Å². The number of anilines is 1. The van der Waals surface area contributed by atoms with Crippen LogP contribution in [0.15, 0.2) is 42.5 Å². The van der Waals surface area contributed by atoms with Gasteiger partial charge in [-0.1, -0.05) is 44.0 Å². The molecule has 2 aliphatic rings. The molecule has 0 unspecified atom stereocenters. The van der Waals surface area contributed by atoms with Crippen LogP contribution in [0.4, 0.5) is 5.69 Å². The van der Waals surface area contributed by atoms with Crippen molar-refractivity contribution in [1.82, 2.24) is 10.2 Å². The van der Waals surface area contributed by atoms with E-state index < -0.39 is 28.5 Å². The average Bonchev–Trinajstić information content (AvgIpc) is 3.40. The van der Waals surface area contributed by atoms with Gasteiger partial charge in [0.2, 0.25) is 21.8 Å². The molecule has 1 N–H and O–H groups in total. The van der Waals surface area contributed by atoms with Gasteiger partial charge in [-0.05, 0) is 49.4 Å². The summed E-state index contributed by atoms with van der Waals surface area (Å²) in [6.07, 6.45) is 5.48. The van der Waals surface area contributed by atoms with Crippen LogP contribution in [0.25, 0.3) is 0 Å². The van der Waals surface area contributed by atoms with E-state index >= 15 is 0 Å².